The molecule has 0 spiro atoms. The first kappa shape index (κ1) is 18.4. The summed E-state index contributed by atoms with van der Waals surface area (Å²) in [6.45, 7) is 0. The molecule has 134 valence electrons. The van der Waals surface area contributed by atoms with Gasteiger partial charge in [0.2, 0.25) is 11.7 Å². The number of carbonyl (C=O) groups excluding carboxylic acids is 1. The van der Waals surface area contributed by atoms with Crippen LogP contribution in [0, 0.1) is 5.92 Å². The van der Waals surface area contributed by atoms with Crippen molar-refractivity contribution < 1.29 is 19.0 Å². The lowest BCUT2D eigenvalue weighted by Gasteiger charge is -2.28. The SMILES string of the molecule is COc1cc(NC(=O)CC[C@H]2CCCC[C@H]2N)cc(OC)c1OC. The van der Waals surface area contributed by atoms with Gasteiger partial charge in [0.15, 0.2) is 11.5 Å². The monoisotopic (exact) mass is 336 g/mol. The fourth-order valence-electron chi connectivity index (χ4n) is 3.29. The highest BCUT2D eigenvalue weighted by Crippen LogP contribution is 2.40. The van der Waals surface area contributed by atoms with Gasteiger partial charge >= 0.3 is 0 Å². The molecule has 24 heavy (non-hydrogen) atoms. The summed E-state index contributed by atoms with van der Waals surface area (Å²) in [4.78, 5) is 12.3. The van der Waals surface area contributed by atoms with Crippen LogP contribution in [0.4, 0.5) is 5.69 Å². The summed E-state index contributed by atoms with van der Waals surface area (Å²) < 4.78 is 15.9. The maximum atomic E-state index is 12.3. The molecule has 0 unspecified atom stereocenters. The summed E-state index contributed by atoms with van der Waals surface area (Å²) in [6.07, 6.45) is 5.91. The first-order chi connectivity index (χ1) is 11.6. The molecular formula is C18H28N2O4. The number of nitrogens with one attached hydrogen (secondary N) is 1. The topological polar surface area (TPSA) is 82.8 Å². The number of nitrogens with two attached hydrogens (primary N) is 1. The number of amides is 1. The maximum Gasteiger partial charge on any atom is 0.224 e. The second-order valence-corrected chi connectivity index (χ2v) is 6.21. The first-order valence-electron chi connectivity index (χ1n) is 8.44. The van der Waals surface area contributed by atoms with E-state index < -0.39 is 0 Å². The van der Waals surface area contributed by atoms with E-state index in [0.29, 0.717) is 35.3 Å². The molecule has 1 fully saturated rings. The van der Waals surface area contributed by atoms with Crippen LogP contribution in [0.15, 0.2) is 12.1 Å². The highest BCUT2D eigenvalue weighted by atomic mass is 16.5. The summed E-state index contributed by atoms with van der Waals surface area (Å²) in [5.74, 6) is 1.96. The third kappa shape index (κ3) is 4.54. The van der Waals surface area contributed by atoms with Crippen LogP contribution in [0.5, 0.6) is 17.2 Å². The Morgan fingerprint density at radius 2 is 1.75 bits per heavy atom. The molecule has 0 saturated heterocycles. The lowest BCUT2D eigenvalue weighted by Crippen LogP contribution is -2.33. The van der Waals surface area contributed by atoms with E-state index in [1.165, 1.54) is 12.8 Å². The maximum absolute atomic E-state index is 12.3. The summed E-state index contributed by atoms with van der Waals surface area (Å²) in [5, 5.41) is 2.90. The molecule has 2 atom stereocenters. The molecule has 0 radical (unpaired) electrons. The minimum Gasteiger partial charge on any atom is -0.493 e. The van der Waals surface area contributed by atoms with E-state index in [9.17, 15) is 4.79 Å². The normalized spacial score (nSPS) is 20.3. The lowest BCUT2D eigenvalue weighted by atomic mass is 9.82. The predicted molar refractivity (Wildman–Crippen MR) is 93.9 cm³/mol. The fourth-order valence-corrected chi connectivity index (χ4v) is 3.29. The lowest BCUT2D eigenvalue weighted by molar-refractivity contribution is -0.116. The minimum absolute atomic E-state index is 0.0259. The van der Waals surface area contributed by atoms with Gasteiger partial charge in [0.1, 0.15) is 0 Å². The number of hydrogen-bond donors (Lipinski definition) is 2. The van der Waals surface area contributed by atoms with Gasteiger partial charge < -0.3 is 25.3 Å². The Bertz CT molecular complexity index is 537. The second-order valence-electron chi connectivity index (χ2n) is 6.21. The molecule has 0 heterocycles. The molecule has 0 bridgehead atoms. The van der Waals surface area contributed by atoms with Crippen molar-refractivity contribution in [2.75, 3.05) is 26.6 Å². The molecule has 1 saturated carbocycles. The largest absolute Gasteiger partial charge is 0.493 e. The number of ether oxygens (including phenoxy) is 3. The van der Waals surface area contributed by atoms with Crippen molar-refractivity contribution in [2.45, 2.75) is 44.6 Å². The highest BCUT2D eigenvalue weighted by molar-refractivity contribution is 5.91. The Balaban J connectivity index is 1.98. The van der Waals surface area contributed by atoms with Crippen LogP contribution in [0.25, 0.3) is 0 Å². The summed E-state index contributed by atoms with van der Waals surface area (Å²) in [6, 6.07) is 3.68. The summed E-state index contributed by atoms with van der Waals surface area (Å²) in [5.41, 5.74) is 6.77. The van der Waals surface area contributed by atoms with E-state index in [1.807, 2.05) is 0 Å². The smallest absolute Gasteiger partial charge is 0.224 e. The quantitative estimate of drug-likeness (QED) is 0.800. The molecule has 6 heteroatoms. The van der Waals surface area contributed by atoms with Crippen LogP contribution < -0.4 is 25.3 Å². The molecule has 1 aliphatic carbocycles. The van der Waals surface area contributed by atoms with Crippen molar-refractivity contribution >= 4 is 11.6 Å². The first-order valence-corrected chi connectivity index (χ1v) is 8.44. The van der Waals surface area contributed by atoms with Gasteiger partial charge in [-0.2, -0.15) is 0 Å². The van der Waals surface area contributed by atoms with Crippen LogP contribution in [0.1, 0.15) is 38.5 Å². The zero-order valence-electron chi connectivity index (χ0n) is 14.8. The van der Waals surface area contributed by atoms with E-state index in [-0.39, 0.29) is 11.9 Å². The van der Waals surface area contributed by atoms with E-state index in [0.717, 1.165) is 19.3 Å². The number of benzene rings is 1. The van der Waals surface area contributed by atoms with Crippen LogP contribution in [-0.2, 0) is 4.79 Å². The Kier molecular flexibility index (Phi) is 6.73. The molecule has 0 aromatic heterocycles. The number of anilines is 1. The van der Waals surface area contributed by atoms with Crippen molar-refractivity contribution in [1.29, 1.82) is 0 Å². The Morgan fingerprint density at radius 1 is 1.12 bits per heavy atom. The summed E-state index contributed by atoms with van der Waals surface area (Å²) in [7, 11) is 4.65. The minimum atomic E-state index is -0.0259. The van der Waals surface area contributed by atoms with Crippen molar-refractivity contribution in [2.24, 2.45) is 11.7 Å². The van der Waals surface area contributed by atoms with Crippen LogP contribution in [0.3, 0.4) is 0 Å². The molecule has 1 aromatic rings. The van der Waals surface area contributed by atoms with E-state index in [2.05, 4.69) is 5.32 Å². The third-order valence-electron chi connectivity index (χ3n) is 4.66. The summed E-state index contributed by atoms with van der Waals surface area (Å²) >= 11 is 0. The Morgan fingerprint density at radius 3 is 2.29 bits per heavy atom. The number of rotatable bonds is 7. The predicted octanol–water partition coefficient (Wildman–Crippen LogP) is 2.95. The van der Waals surface area contributed by atoms with Gasteiger partial charge in [0.05, 0.1) is 21.3 Å². The molecular weight excluding hydrogens is 308 g/mol. The molecule has 3 N–H and O–H groups in total. The molecule has 0 aliphatic heterocycles. The van der Waals surface area contributed by atoms with Crippen molar-refractivity contribution in [3.8, 4) is 17.2 Å². The standard InChI is InChI=1S/C18H28N2O4/c1-22-15-10-13(11-16(23-2)18(15)24-3)20-17(21)9-8-12-6-4-5-7-14(12)19/h10-12,14H,4-9,19H2,1-3H3,(H,20,21)/t12-,14-/m1/s1. The van der Waals surface area contributed by atoms with Crippen LogP contribution >= 0.6 is 0 Å². The van der Waals surface area contributed by atoms with E-state index >= 15 is 0 Å². The van der Waals surface area contributed by atoms with Crippen molar-refractivity contribution in [1.82, 2.24) is 0 Å². The molecule has 6 nitrogen and oxygen atoms in total. The van der Waals surface area contributed by atoms with Gasteiger partial charge in [-0.3, -0.25) is 4.79 Å². The van der Waals surface area contributed by atoms with Gasteiger partial charge in [0.25, 0.3) is 0 Å². The van der Waals surface area contributed by atoms with Gasteiger partial charge in [-0.25, -0.2) is 0 Å². The molecule has 2 rings (SSSR count). The van der Waals surface area contributed by atoms with Gasteiger partial charge in [-0.1, -0.05) is 12.8 Å². The fraction of sp³-hybridized carbons (Fsp3) is 0.611. The average molecular weight is 336 g/mol. The third-order valence-corrected chi connectivity index (χ3v) is 4.66. The van der Waals surface area contributed by atoms with Gasteiger partial charge in [-0.15, -0.1) is 0 Å². The van der Waals surface area contributed by atoms with Crippen LogP contribution in [-0.4, -0.2) is 33.3 Å². The number of carbonyl (C=O) groups is 1. The number of methoxy groups -OCH3 is 3. The van der Waals surface area contributed by atoms with E-state index in [4.69, 9.17) is 19.9 Å². The molecule has 1 aliphatic rings. The van der Waals surface area contributed by atoms with E-state index in [1.54, 1.807) is 33.5 Å². The van der Waals surface area contributed by atoms with Crippen molar-refractivity contribution in [3.63, 3.8) is 0 Å². The number of hydrogen-bond acceptors (Lipinski definition) is 5. The molecule has 1 aromatic carbocycles. The molecule has 1 amide bonds. The zero-order chi connectivity index (χ0) is 17.5. The highest BCUT2D eigenvalue weighted by Gasteiger charge is 2.22. The van der Waals surface area contributed by atoms with Gasteiger partial charge in [-0.05, 0) is 25.2 Å². The average Bonchev–Trinajstić information content (AvgIpc) is 2.60. The van der Waals surface area contributed by atoms with Crippen molar-refractivity contribution in [3.05, 3.63) is 12.1 Å². The second kappa shape index (κ2) is 8.78. The Hall–Kier alpha value is -1.95. The van der Waals surface area contributed by atoms with Crippen LogP contribution in [0.2, 0.25) is 0 Å². The van der Waals surface area contributed by atoms with Gasteiger partial charge in [0, 0.05) is 30.3 Å². The zero-order valence-corrected chi connectivity index (χ0v) is 14.8. The Labute approximate surface area is 143 Å².